The summed E-state index contributed by atoms with van der Waals surface area (Å²) in [6, 6.07) is 8.81. The van der Waals surface area contributed by atoms with E-state index in [1.54, 1.807) is 0 Å². The molecule has 5 heteroatoms. The highest BCUT2D eigenvalue weighted by atomic mass is 16.5. The molecule has 0 radical (unpaired) electrons. The topological polar surface area (TPSA) is 66.8 Å². The summed E-state index contributed by atoms with van der Waals surface area (Å²) in [7, 11) is 1.30. The highest BCUT2D eigenvalue weighted by molar-refractivity contribution is 5.89. The van der Waals surface area contributed by atoms with Gasteiger partial charge >= 0.3 is 5.97 Å². The van der Waals surface area contributed by atoms with Crippen LogP contribution in [0.25, 0.3) is 0 Å². The standard InChI is InChI=1S/C16H21NO4/c1-3-13(11-7-5-4-6-8-11)15(19)17-10-12(18)9-14(17)16(20)21-2/h4-8,12-14,18H,3,9-10H2,1-2H3. The van der Waals surface area contributed by atoms with Crippen molar-refractivity contribution in [2.24, 2.45) is 0 Å². The van der Waals surface area contributed by atoms with Gasteiger partial charge in [-0.2, -0.15) is 0 Å². The average molecular weight is 291 g/mol. The van der Waals surface area contributed by atoms with Gasteiger partial charge in [-0.05, 0) is 12.0 Å². The first-order valence-corrected chi connectivity index (χ1v) is 7.19. The van der Waals surface area contributed by atoms with Gasteiger partial charge in [0, 0.05) is 13.0 Å². The molecule has 1 aromatic rings. The summed E-state index contributed by atoms with van der Waals surface area (Å²) in [5.41, 5.74) is 0.926. The monoisotopic (exact) mass is 291 g/mol. The zero-order valence-corrected chi connectivity index (χ0v) is 12.4. The van der Waals surface area contributed by atoms with Crippen LogP contribution in [0.15, 0.2) is 30.3 Å². The third-order valence-corrected chi connectivity index (χ3v) is 3.94. The number of β-amino-alcohol motifs (C(OH)–C–C–N with tert-alkyl or cyclic N) is 1. The lowest BCUT2D eigenvalue weighted by atomic mass is 9.95. The molecule has 0 saturated carbocycles. The highest BCUT2D eigenvalue weighted by Gasteiger charge is 2.41. The minimum absolute atomic E-state index is 0.129. The quantitative estimate of drug-likeness (QED) is 0.850. The minimum Gasteiger partial charge on any atom is -0.467 e. The molecule has 5 nitrogen and oxygen atoms in total. The molecule has 1 amide bonds. The largest absolute Gasteiger partial charge is 0.467 e. The zero-order chi connectivity index (χ0) is 15.4. The number of esters is 1. The number of amides is 1. The van der Waals surface area contributed by atoms with E-state index in [4.69, 9.17) is 4.74 Å². The summed E-state index contributed by atoms with van der Waals surface area (Å²) >= 11 is 0. The molecule has 1 aliphatic heterocycles. The van der Waals surface area contributed by atoms with Crippen LogP contribution < -0.4 is 0 Å². The van der Waals surface area contributed by atoms with Gasteiger partial charge in [0.2, 0.25) is 5.91 Å². The van der Waals surface area contributed by atoms with Crippen molar-refractivity contribution in [2.45, 2.75) is 37.8 Å². The van der Waals surface area contributed by atoms with Gasteiger partial charge in [0.05, 0.1) is 19.1 Å². The van der Waals surface area contributed by atoms with Crippen LogP contribution >= 0.6 is 0 Å². The molecule has 1 fully saturated rings. The Balaban J connectivity index is 2.22. The van der Waals surface area contributed by atoms with Gasteiger partial charge in [0.25, 0.3) is 0 Å². The van der Waals surface area contributed by atoms with E-state index in [2.05, 4.69) is 0 Å². The molecule has 3 unspecified atom stereocenters. The smallest absolute Gasteiger partial charge is 0.328 e. The van der Waals surface area contributed by atoms with Crippen molar-refractivity contribution in [3.05, 3.63) is 35.9 Å². The number of likely N-dealkylation sites (tertiary alicyclic amines) is 1. The second-order valence-corrected chi connectivity index (χ2v) is 5.29. The van der Waals surface area contributed by atoms with E-state index in [0.29, 0.717) is 6.42 Å². The van der Waals surface area contributed by atoms with Crippen LogP contribution in [0.5, 0.6) is 0 Å². The zero-order valence-electron chi connectivity index (χ0n) is 12.4. The van der Waals surface area contributed by atoms with E-state index in [9.17, 15) is 14.7 Å². The van der Waals surface area contributed by atoms with Crippen molar-refractivity contribution in [1.82, 2.24) is 4.90 Å². The first-order valence-electron chi connectivity index (χ1n) is 7.19. The molecule has 0 aliphatic carbocycles. The van der Waals surface area contributed by atoms with Crippen molar-refractivity contribution < 1.29 is 19.4 Å². The minimum atomic E-state index is -0.685. The summed E-state index contributed by atoms with van der Waals surface area (Å²) in [6.45, 7) is 2.12. The number of benzene rings is 1. The van der Waals surface area contributed by atoms with Gasteiger partial charge in [-0.15, -0.1) is 0 Å². The number of hydrogen-bond donors (Lipinski definition) is 1. The van der Waals surface area contributed by atoms with Gasteiger partial charge < -0.3 is 14.7 Å². The predicted octanol–water partition coefficient (Wildman–Crippen LogP) is 1.31. The predicted molar refractivity (Wildman–Crippen MR) is 77.6 cm³/mol. The number of rotatable bonds is 4. The summed E-state index contributed by atoms with van der Waals surface area (Å²) in [4.78, 5) is 26.0. The molecular weight excluding hydrogens is 270 g/mol. The molecule has 114 valence electrons. The lowest BCUT2D eigenvalue weighted by molar-refractivity contribution is -0.151. The van der Waals surface area contributed by atoms with Gasteiger partial charge in [-0.3, -0.25) is 4.79 Å². The Hall–Kier alpha value is -1.88. The van der Waals surface area contributed by atoms with E-state index >= 15 is 0 Å². The van der Waals surface area contributed by atoms with Gasteiger partial charge in [-0.25, -0.2) is 4.79 Å². The van der Waals surface area contributed by atoms with Gasteiger partial charge in [0.15, 0.2) is 0 Å². The molecule has 3 atom stereocenters. The summed E-state index contributed by atoms with van der Waals surface area (Å²) in [5, 5.41) is 9.79. The molecule has 1 saturated heterocycles. The number of aliphatic hydroxyl groups is 1. The fourth-order valence-corrected chi connectivity index (χ4v) is 2.86. The van der Waals surface area contributed by atoms with Crippen molar-refractivity contribution in [1.29, 1.82) is 0 Å². The Morgan fingerprint density at radius 3 is 2.62 bits per heavy atom. The number of aliphatic hydroxyl groups excluding tert-OH is 1. The Morgan fingerprint density at radius 2 is 2.05 bits per heavy atom. The molecule has 0 aromatic heterocycles. The summed E-state index contributed by atoms with van der Waals surface area (Å²) in [5.74, 6) is -0.901. The van der Waals surface area contributed by atoms with Crippen LogP contribution in [0.1, 0.15) is 31.2 Å². The van der Waals surface area contributed by atoms with Crippen LogP contribution in [0, 0.1) is 0 Å². The first kappa shape index (κ1) is 15.5. The number of carbonyl (C=O) groups excluding carboxylic acids is 2. The number of nitrogens with zero attached hydrogens (tertiary/aromatic N) is 1. The lowest BCUT2D eigenvalue weighted by Crippen LogP contribution is -2.43. The van der Waals surface area contributed by atoms with E-state index in [1.807, 2.05) is 37.3 Å². The third kappa shape index (κ3) is 3.24. The number of methoxy groups -OCH3 is 1. The Kier molecular flexibility index (Phi) is 4.96. The second-order valence-electron chi connectivity index (χ2n) is 5.29. The van der Waals surface area contributed by atoms with Crippen LogP contribution in [0.2, 0.25) is 0 Å². The van der Waals surface area contributed by atoms with Crippen molar-refractivity contribution in [3.63, 3.8) is 0 Å². The van der Waals surface area contributed by atoms with Crippen LogP contribution in [-0.4, -0.2) is 47.7 Å². The normalized spacial score (nSPS) is 22.9. The van der Waals surface area contributed by atoms with E-state index < -0.39 is 18.1 Å². The second kappa shape index (κ2) is 6.72. The number of hydrogen-bond acceptors (Lipinski definition) is 4. The molecule has 0 bridgehead atoms. The fourth-order valence-electron chi connectivity index (χ4n) is 2.86. The molecule has 2 rings (SSSR count). The fraction of sp³-hybridized carbons (Fsp3) is 0.500. The summed E-state index contributed by atoms with van der Waals surface area (Å²) < 4.78 is 4.74. The van der Waals surface area contributed by atoms with Crippen molar-refractivity contribution in [3.8, 4) is 0 Å². The number of ether oxygens (including phenoxy) is 1. The lowest BCUT2D eigenvalue weighted by Gasteiger charge is -2.27. The van der Waals surface area contributed by atoms with Crippen LogP contribution in [-0.2, 0) is 14.3 Å². The number of carbonyl (C=O) groups is 2. The Labute approximate surface area is 124 Å². The van der Waals surface area contributed by atoms with Gasteiger partial charge in [-0.1, -0.05) is 37.3 Å². The molecule has 21 heavy (non-hydrogen) atoms. The summed E-state index contributed by atoms with van der Waals surface area (Å²) in [6.07, 6.45) is 0.207. The van der Waals surface area contributed by atoms with Crippen molar-refractivity contribution >= 4 is 11.9 Å². The van der Waals surface area contributed by atoms with Crippen LogP contribution in [0.3, 0.4) is 0 Å². The molecule has 1 aromatic carbocycles. The maximum absolute atomic E-state index is 12.8. The van der Waals surface area contributed by atoms with Crippen LogP contribution in [0.4, 0.5) is 0 Å². The average Bonchev–Trinajstić information content (AvgIpc) is 2.90. The maximum Gasteiger partial charge on any atom is 0.328 e. The van der Waals surface area contributed by atoms with Gasteiger partial charge in [0.1, 0.15) is 6.04 Å². The first-order chi connectivity index (χ1) is 10.1. The molecule has 1 heterocycles. The molecule has 1 N–H and O–H groups in total. The maximum atomic E-state index is 12.8. The SMILES string of the molecule is CCC(C(=O)N1CC(O)CC1C(=O)OC)c1ccccc1. The highest BCUT2D eigenvalue weighted by Crippen LogP contribution is 2.27. The van der Waals surface area contributed by atoms with E-state index in [1.165, 1.54) is 12.0 Å². The molecule has 0 spiro atoms. The Morgan fingerprint density at radius 1 is 1.38 bits per heavy atom. The van der Waals surface area contributed by atoms with E-state index in [-0.39, 0.29) is 24.8 Å². The molecular formula is C16H21NO4. The molecule has 1 aliphatic rings. The third-order valence-electron chi connectivity index (χ3n) is 3.94. The van der Waals surface area contributed by atoms with Crippen molar-refractivity contribution in [2.75, 3.05) is 13.7 Å². The Bertz CT molecular complexity index is 502. The van der Waals surface area contributed by atoms with E-state index in [0.717, 1.165) is 5.56 Å².